The number of likely N-dealkylation sites (N-methyl/N-ethyl adjacent to an activating group) is 1. The zero-order valence-electron chi connectivity index (χ0n) is 18.4. The fourth-order valence-electron chi connectivity index (χ4n) is 4.49. The lowest BCUT2D eigenvalue weighted by atomic mass is 9.93. The van der Waals surface area contributed by atoms with Crippen LogP contribution >= 0.6 is 0 Å². The van der Waals surface area contributed by atoms with E-state index >= 15 is 0 Å². The summed E-state index contributed by atoms with van der Waals surface area (Å²) >= 11 is 0. The van der Waals surface area contributed by atoms with Crippen LogP contribution in [0.4, 0.5) is 4.79 Å². The van der Waals surface area contributed by atoms with Crippen LogP contribution in [0.25, 0.3) is 11.0 Å². The number of aryl methyl sites for hydroxylation is 2. The molecule has 3 amide bonds. The first-order valence-electron chi connectivity index (χ1n) is 10.7. The van der Waals surface area contributed by atoms with E-state index in [4.69, 9.17) is 4.42 Å². The summed E-state index contributed by atoms with van der Waals surface area (Å²) in [6.07, 6.45) is 3.91. The Labute approximate surface area is 185 Å². The Hall–Kier alpha value is -3.36. The van der Waals surface area contributed by atoms with Crippen molar-refractivity contribution in [3.05, 3.63) is 35.1 Å². The van der Waals surface area contributed by atoms with Crippen molar-refractivity contribution < 1.29 is 29.1 Å². The van der Waals surface area contributed by atoms with Gasteiger partial charge in [-0.3, -0.25) is 14.5 Å². The maximum atomic E-state index is 12.7. The zero-order chi connectivity index (χ0) is 23.2. The monoisotopic (exact) mass is 441 g/mol. The normalized spacial score (nSPS) is 19.5. The molecule has 4 rings (SSSR count). The van der Waals surface area contributed by atoms with E-state index < -0.39 is 29.4 Å². The molecule has 170 valence electrons. The molecular formula is C23H27N3O6. The summed E-state index contributed by atoms with van der Waals surface area (Å²) in [7, 11) is 1.51. The maximum absolute atomic E-state index is 12.7. The number of benzene rings is 1. The van der Waals surface area contributed by atoms with Crippen molar-refractivity contribution in [2.24, 2.45) is 11.1 Å². The number of amides is 3. The van der Waals surface area contributed by atoms with Crippen LogP contribution in [0.15, 0.2) is 27.8 Å². The summed E-state index contributed by atoms with van der Waals surface area (Å²) < 4.78 is 5.99. The summed E-state index contributed by atoms with van der Waals surface area (Å²) in [5, 5.41) is 23.8. The number of aliphatic carboxylic acids is 1. The number of rotatable bonds is 6. The van der Waals surface area contributed by atoms with Crippen molar-refractivity contribution in [3.63, 3.8) is 0 Å². The van der Waals surface area contributed by atoms with Crippen LogP contribution in [-0.4, -0.2) is 62.9 Å². The van der Waals surface area contributed by atoms with Crippen LogP contribution < -0.4 is 0 Å². The van der Waals surface area contributed by atoms with Crippen LogP contribution in [0.1, 0.15) is 50.0 Å². The predicted octanol–water partition coefficient (Wildman–Crippen LogP) is 3.25. The molecule has 0 spiro atoms. The number of hydrogen-bond acceptors (Lipinski definition) is 6. The number of urea groups is 1. The van der Waals surface area contributed by atoms with E-state index in [-0.39, 0.29) is 18.7 Å². The zero-order valence-corrected chi connectivity index (χ0v) is 18.4. The molecule has 2 aromatic rings. The van der Waals surface area contributed by atoms with Gasteiger partial charge in [-0.1, -0.05) is 17.3 Å². The minimum atomic E-state index is -1.19. The Bertz CT molecular complexity index is 1130. The molecule has 2 N–H and O–H groups in total. The highest BCUT2D eigenvalue weighted by Gasteiger charge is 2.50. The fraction of sp³-hybridized carbons (Fsp3) is 0.478. The second-order valence-electron chi connectivity index (χ2n) is 9.02. The first-order valence-corrected chi connectivity index (χ1v) is 10.7. The minimum Gasteiger partial charge on any atom is -0.481 e. The predicted molar refractivity (Wildman–Crippen MR) is 116 cm³/mol. The van der Waals surface area contributed by atoms with Gasteiger partial charge in [0.15, 0.2) is 0 Å². The first kappa shape index (κ1) is 21.9. The fourth-order valence-corrected chi connectivity index (χ4v) is 4.49. The standard InChI is InChI=1S/C23H27N3O6/c1-23(2)21(29)26(22(30)25(23)3)12-14(20(27)28)10-17(24-31)13-8-9-16-15-6-4-5-7-18(15)32-19(16)11-13/h8-9,11,14,31H,4-7,10,12H2,1-3H3,(H,27,28)/b24-17-. The lowest BCUT2D eigenvalue weighted by molar-refractivity contribution is -0.142. The number of carboxylic acid groups (broad SMARTS) is 1. The molecule has 1 atom stereocenters. The molecule has 1 aromatic carbocycles. The van der Waals surface area contributed by atoms with Gasteiger partial charge in [-0.2, -0.15) is 0 Å². The van der Waals surface area contributed by atoms with Crippen LogP contribution in [0.3, 0.4) is 0 Å². The van der Waals surface area contributed by atoms with Gasteiger partial charge < -0.3 is 19.6 Å². The summed E-state index contributed by atoms with van der Waals surface area (Å²) in [5.74, 6) is -1.79. The molecule has 9 nitrogen and oxygen atoms in total. The Morgan fingerprint density at radius 1 is 1.25 bits per heavy atom. The Morgan fingerprint density at radius 2 is 1.97 bits per heavy atom. The highest BCUT2D eigenvalue weighted by atomic mass is 16.4. The average molecular weight is 441 g/mol. The van der Waals surface area contributed by atoms with Crippen molar-refractivity contribution in [1.29, 1.82) is 0 Å². The third kappa shape index (κ3) is 3.51. The Morgan fingerprint density at radius 3 is 2.59 bits per heavy atom. The average Bonchev–Trinajstić information content (AvgIpc) is 3.21. The molecular weight excluding hydrogens is 414 g/mol. The molecule has 2 heterocycles. The number of carboxylic acids is 1. The number of hydrogen-bond donors (Lipinski definition) is 2. The first-order chi connectivity index (χ1) is 15.1. The molecule has 32 heavy (non-hydrogen) atoms. The van der Waals surface area contributed by atoms with Gasteiger partial charge in [-0.05, 0) is 39.2 Å². The van der Waals surface area contributed by atoms with Crippen molar-refractivity contribution >= 4 is 34.6 Å². The van der Waals surface area contributed by atoms with Crippen LogP contribution in [0.5, 0.6) is 0 Å². The maximum Gasteiger partial charge on any atom is 0.327 e. The number of fused-ring (bicyclic) bond motifs is 3. The van der Waals surface area contributed by atoms with Gasteiger partial charge in [0.25, 0.3) is 5.91 Å². The van der Waals surface area contributed by atoms with E-state index in [1.165, 1.54) is 17.5 Å². The van der Waals surface area contributed by atoms with Gasteiger partial charge in [0.2, 0.25) is 0 Å². The summed E-state index contributed by atoms with van der Waals surface area (Å²) in [6, 6.07) is 4.90. The highest BCUT2D eigenvalue weighted by Crippen LogP contribution is 2.33. The van der Waals surface area contributed by atoms with Crippen LogP contribution in [0, 0.1) is 5.92 Å². The van der Waals surface area contributed by atoms with Gasteiger partial charge in [0, 0.05) is 42.9 Å². The molecule has 1 aromatic heterocycles. The third-order valence-corrected chi connectivity index (χ3v) is 6.73. The van der Waals surface area contributed by atoms with Gasteiger partial charge in [0.1, 0.15) is 16.9 Å². The summed E-state index contributed by atoms with van der Waals surface area (Å²) in [4.78, 5) is 39.4. The molecule has 2 aliphatic rings. The number of nitrogens with zero attached hydrogens (tertiary/aromatic N) is 3. The van der Waals surface area contributed by atoms with Crippen molar-refractivity contribution in [2.75, 3.05) is 13.6 Å². The van der Waals surface area contributed by atoms with Crippen molar-refractivity contribution in [3.8, 4) is 0 Å². The van der Waals surface area contributed by atoms with Crippen LogP contribution in [0.2, 0.25) is 0 Å². The van der Waals surface area contributed by atoms with Crippen LogP contribution in [-0.2, 0) is 22.4 Å². The number of furan rings is 1. The van der Waals surface area contributed by atoms with Gasteiger partial charge in [-0.25, -0.2) is 4.79 Å². The largest absolute Gasteiger partial charge is 0.481 e. The summed E-state index contributed by atoms with van der Waals surface area (Å²) in [5.41, 5.74) is 1.53. The lowest BCUT2D eigenvalue weighted by Crippen LogP contribution is -2.42. The Balaban J connectivity index is 1.58. The molecule has 0 radical (unpaired) electrons. The molecule has 1 unspecified atom stereocenters. The summed E-state index contributed by atoms with van der Waals surface area (Å²) in [6.45, 7) is 2.92. The smallest absolute Gasteiger partial charge is 0.327 e. The van der Waals surface area contributed by atoms with Crippen molar-refractivity contribution in [1.82, 2.24) is 9.80 Å². The third-order valence-electron chi connectivity index (χ3n) is 6.73. The second-order valence-corrected chi connectivity index (χ2v) is 9.02. The van der Waals surface area contributed by atoms with Gasteiger partial charge in [0.05, 0.1) is 11.6 Å². The van der Waals surface area contributed by atoms with E-state index in [0.717, 1.165) is 41.7 Å². The number of oxime groups is 1. The Kier molecular flexibility index (Phi) is 5.44. The number of imide groups is 1. The van der Waals surface area contributed by atoms with E-state index in [2.05, 4.69) is 5.16 Å². The topological polar surface area (TPSA) is 124 Å². The molecule has 1 aliphatic carbocycles. The SMILES string of the molecule is CN1C(=O)N(CC(C/C(=N/O)c2ccc3c4c(oc3c2)CCCC4)C(=O)O)C(=O)C1(C)C. The van der Waals surface area contributed by atoms with Gasteiger partial charge in [-0.15, -0.1) is 0 Å². The molecule has 1 saturated heterocycles. The highest BCUT2D eigenvalue weighted by molar-refractivity contribution is 6.07. The molecule has 0 bridgehead atoms. The van der Waals surface area contributed by atoms with Gasteiger partial charge >= 0.3 is 12.0 Å². The van der Waals surface area contributed by atoms with E-state index in [1.54, 1.807) is 26.0 Å². The number of carbonyl (C=O) groups excluding carboxylic acids is 2. The second kappa shape index (κ2) is 7.96. The molecule has 1 aliphatic heterocycles. The van der Waals surface area contributed by atoms with E-state index in [9.17, 15) is 24.7 Å². The van der Waals surface area contributed by atoms with E-state index in [0.29, 0.717) is 11.1 Å². The minimum absolute atomic E-state index is 0.153. The van der Waals surface area contributed by atoms with E-state index in [1.807, 2.05) is 6.07 Å². The lowest BCUT2D eigenvalue weighted by Gasteiger charge is -2.22. The number of carbonyl (C=O) groups is 3. The molecule has 9 heteroatoms. The molecule has 0 saturated carbocycles. The van der Waals surface area contributed by atoms with Crippen molar-refractivity contribution in [2.45, 2.75) is 51.5 Å². The quantitative estimate of drug-likeness (QED) is 0.307. The molecule has 1 fully saturated rings.